The topological polar surface area (TPSA) is 66.5 Å². The molecule has 0 aliphatic carbocycles. The molecule has 1 fully saturated rings. The van der Waals surface area contributed by atoms with E-state index in [0.717, 1.165) is 4.90 Å². The maximum Gasteiger partial charge on any atom is 0.325 e. The number of urea groups is 1. The smallest absolute Gasteiger partial charge is 0.323 e. The van der Waals surface area contributed by atoms with Crippen molar-refractivity contribution in [2.45, 2.75) is 46.1 Å². The summed E-state index contributed by atoms with van der Waals surface area (Å²) in [5, 5.41) is 2.63. The van der Waals surface area contributed by atoms with Gasteiger partial charge in [-0.05, 0) is 19.8 Å². The number of carbonyl (C=O) groups excluding carboxylic acids is 3. The first-order chi connectivity index (χ1) is 7.85. The highest BCUT2D eigenvalue weighted by Gasteiger charge is 2.47. The van der Waals surface area contributed by atoms with E-state index in [-0.39, 0.29) is 24.2 Å². The van der Waals surface area contributed by atoms with Gasteiger partial charge in [0, 0.05) is 5.92 Å². The first kappa shape index (κ1) is 13.7. The van der Waals surface area contributed by atoms with E-state index in [1.165, 1.54) is 0 Å². The predicted octanol–water partition coefficient (Wildman–Crippen LogP) is 1.32. The molecule has 0 aromatic rings. The number of nitrogens with one attached hydrogen (secondary N) is 1. The van der Waals surface area contributed by atoms with E-state index < -0.39 is 11.6 Å². The lowest BCUT2D eigenvalue weighted by Crippen LogP contribution is -2.43. The molecule has 1 heterocycles. The molecule has 0 spiro atoms. The number of Topliss-reactive ketones (excluding diaryl/α,β-unsaturated/α-hetero) is 1. The van der Waals surface area contributed by atoms with Crippen LogP contribution < -0.4 is 5.32 Å². The average Bonchev–Trinajstić information content (AvgIpc) is 2.52. The molecule has 5 heteroatoms. The molecule has 0 aromatic heterocycles. The Balaban J connectivity index is 2.77. The summed E-state index contributed by atoms with van der Waals surface area (Å²) in [5.74, 6) is -0.498. The second-order valence-electron chi connectivity index (χ2n) is 4.78. The molecule has 96 valence electrons. The predicted molar refractivity (Wildman–Crippen MR) is 63.4 cm³/mol. The zero-order valence-electron chi connectivity index (χ0n) is 10.9. The highest BCUT2D eigenvalue weighted by molar-refractivity contribution is 6.09. The minimum absolute atomic E-state index is 0.0728. The van der Waals surface area contributed by atoms with Crippen LogP contribution in [0, 0.1) is 5.92 Å². The highest BCUT2D eigenvalue weighted by atomic mass is 16.2. The zero-order valence-corrected chi connectivity index (χ0v) is 10.9. The van der Waals surface area contributed by atoms with Gasteiger partial charge in [0.15, 0.2) is 5.78 Å². The third-order valence-electron chi connectivity index (χ3n) is 3.53. The number of carbonyl (C=O) groups is 3. The summed E-state index contributed by atoms with van der Waals surface area (Å²) < 4.78 is 0. The molecule has 1 N–H and O–H groups in total. The van der Waals surface area contributed by atoms with Crippen molar-refractivity contribution in [3.05, 3.63) is 0 Å². The summed E-state index contributed by atoms with van der Waals surface area (Å²) in [6.45, 7) is 7.11. The van der Waals surface area contributed by atoms with Crippen molar-refractivity contribution in [2.75, 3.05) is 6.54 Å². The van der Waals surface area contributed by atoms with Crippen LogP contribution in [-0.2, 0) is 9.59 Å². The molecule has 1 aliphatic rings. The molecule has 2 unspecified atom stereocenters. The van der Waals surface area contributed by atoms with Crippen LogP contribution >= 0.6 is 0 Å². The zero-order chi connectivity index (χ0) is 13.2. The van der Waals surface area contributed by atoms with Gasteiger partial charge in [-0.1, -0.05) is 20.8 Å². The van der Waals surface area contributed by atoms with Crippen LogP contribution in [0.2, 0.25) is 0 Å². The monoisotopic (exact) mass is 240 g/mol. The maximum atomic E-state index is 12.0. The summed E-state index contributed by atoms with van der Waals surface area (Å²) in [6, 6.07) is -0.462. The summed E-state index contributed by atoms with van der Waals surface area (Å²) in [6.07, 6.45) is 1.24. The van der Waals surface area contributed by atoms with Gasteiger partial charge in [-0.15, -0.1) is 0 Å². The van der Waals surface area contributed by atoms with E-state index in [2.05, 4.69) is 5.32 Å². The molecular weight excluding hydrogens is 220 g/mol. The Labute approximate surface area is 102 Å². The molecule has 0 saturated carbocycles. The molecule has 1 aliphatic heterocycles. The summed E-state index contributed by atoms with van der Waals surface area (Å²) in [4.78, 5) is 36.4. The SMILES string of the molecule is CCC(C)C(=O)CN1C(=O)NC(C)(CC)C1=O. The lowest BCUT2D eigenvalue weighted by atomic mass is 9.99. The highest BCUT2D eigenvalue weighted by Crippen LogP contribution is 2.21. The number of nitrogens with zero attached hydrogens (tertiary/aromatic N) is 1. The molecular formula is C12H20N2O3. The van der Waals surface area contributed by atoms with E-state index in [9.17, 15) is 14.4 Å². The summed E-state index contributed by atoms with van der Waals surface area (Å²) in [7, 11) is 0. The van der Waals surface area contributed by atoms with Crippen LogP contribution in [0.5, 0.6) is 0 Å². The standard InChI is InChI=1S/C12H20N2O3/c1-5-8(3)9(15)7-14-10(16)12(4,6-2)13-11(14)17/h8H,5-7H2,1-4H3,(H,13,17). The largest absolute Gasteiger partial charge is 0.325 e. The Morgan fingerprint density at radius 3 is 2.41 bits per heavy atom. The third kappa shape index (κ3) is 2.48. The Hall–Kier alpha value is -1.39. The fourth-order valence-electron chi connectivity index (χ4n) is 1.67. The first-order valence-electron chi connectivity index (χ1n) is 6.02. The maximum absolute atomic E-state index is 12.0. The fraction of sp³-hybridized carbons (Fsp3) is 0.750. The van der Waals surface area contributed by atoms with E-state index in [1.54, 1.807) is 13.8 Å². The summed E-state index contributed by atoms with van der Waals surface area (Å²) >= 11 is 0. The number of hydrogen-bond acceptors (Lipinski definition) is 3. The molecule has 0 bridgehead atoms. The van der Waals surface area contributed by atoms with Crippen LogP contribution in [-0.4, -0.2) is 34.7 Å². The van der Waals surface area contributed by atoms with Gasteiger partial charge >= 0.3 is 6.03 Å². The molecule has 2 atom stereocenters. The van der Waals surface area contributed by atoms with Crippen molar-refractivity contribution in [3.8, 4) is 0 Å². The molecule has 3 amide bonds. The normalized spacial score (nSPS) is 26.0. The van der Waals surface area contributed by atoms with Gasteiger partial charge in [-0.25, -0.2) is 4.79 Å². The number of hydrogen-bond donors (Lipinski definition) is 1. The minimum atomic E-state index is -0.854. The van der Waals surface area contributed by atoms with E-state index in [1.807, 2.05) is 13.8 Å². The van der Waals surface area contributed by atoms with Crippen LogP contribution in [0.3, 0.4) is 0 Å². The number of ketones is 1. The Morgan fingerprint density at radius 2 is 2.00 bits per heavy atom. The Bertz CT molecular complexity index is 354. The van der Waals surface area contributed by atoms with Gasteiger partial charge in [0.2, 0.25) is 0 Å². The van der Waals surface area contributed by atoms with Crippen molar-refractivity contribution in [1.82, 2.24) is 10.2 Å². The van der Waals surface area contributed by atoms with Crippen LogP contribution in [0.4, 0.5) is 4.79 Å². The van der Waals surface area contributed by atoms with Crippen LogP contribution in [0.1, 0.15) is 40.5 Å². The molecule has 1 saturated heterocycles. The Morgan fingerprint density at radius 1 is 1.41 bits per heavy atom. The quantitative estimate of drug-likeness (QED) is 0.737. The number of rotatable bonds is 5. The van der Waals surface area contributed by atoms with E-state index in [0.29, 0.717) is 12.8 Å². The number of imide groups is 1. The van der Waals surface area contributed by atoms with Gasteiger partial charge in [0.25, 0.3) is 5.91 Å². The van der Waals surface area contributed by atoms with Gasteiger partial charge in [0.05, 0.1) is 6.54 Å². The van der Waals surface area contributed by atoms with Gasteiger partial charge in [-0.2, -0.15) is 0 Å². The van der Waals surface area contributed by atoms with E-state index in [4.69, 9.17) is 0 Å². The fourth-order valence-corrected chi connectivity index (χ4v) is 1.67. The molecule has 0 aromatic carbocycles. The molecule has 1 rings (SSSR count). The van der Waals surface area contributed by atoms with Gasteiger partial charge in [0.1, 0.15) is 5.54 Å². The number of amides is 3. The van der Waals surface area contributed by atoms with Gasteiger partial charge < -0.3 is 5.32 Å². The second kappa shape index (κ2) is 4.85. The molecule has 5 nitrogen and oxygen atoms in total. The Kier molecular flexibility index (Phi) is 3.91. The van der Waals surface area contributed by atoms with Crippen LogP contribution in [0.15, 0.2) is 0 Å². The van der Waals surface area contributed by atoms with Crippen molar-refractivity contribution in [2.24, 2.45) is 5.92 Å². The minimum Gasteiger partial charge on any atom is -0.323 e. The summed E-state index contributed by atoms with van der Waals surface area (Å²) in [5.41, 5.74) is -0.854. The van der Waals surface area contributed by atoms with E-state index >= 15 is 0 Å². The second-order valence-corrected chi connectivity index (χ2v) is 4.78. The van der Waals surface area contributed by atoms with Gasteiger partial charge in [-0.3, -0.25) is 14.5 Å². The lowest BCUT2D eigenvalue weighted by molar-refractivity contribution is -0.135. The van der Waals surface area contributed by atoms with Crippen molar-refractivity contribution < 1.29 is 14.4 Å². The van der Waals surface area contributed by atoms with Crippen molar-refractivity contribution in [1.29, 1.82) is 0 Å². The molecule has 17 heavy (non-hydrogen) atoms. The molecule has 0 radical (unpaired) electrons. The van der Waals surface area contributed by atoms with Crippen molar-refractivity contribution in [3.63, 3.8) is 0 Å². The lowest BCUT2D eigenvalue weighted by Gasteiger charge is -2.19. The van der Waals surface area contributed by atoms with Crippen LogP contribution in [0.25, 0.3) is 0 Å². The van der Waals surface area contributed by atoms with Crippen molar-refractivity contribution >= 4 is 17.7 Å². The first-order valence-corrected chi connectivity index (χ1v) is 6.02. The third-order valence-corrected chi connectivity index (χ3v) is 3.53. The average molecular weight is 240 g/mol.